The fourth-order valence-corrected chi connectivity index (χ4v) is 1.55. The fourth-order valence-electron chi connectivity index (χ4n) is 1.42. The van der Waals surface area contributed by atoms with Crippen LogP contribution in [0, 0.1) is 0 Å². The Morgan fingerprint density at radius 2 is 1.83 bits per heavy atom. The van der Waals surface area contributed by atoms with E-state index in [9.17, 15) is 13.2 Å². The Labute approximate surface area is 154 Å². The molecular weight excluding hydrogens is 345 g/mol. The van der Waals surface area contributed by atoms with Gasteiger partial charge >= 0.3 is 6.18 Å². The summed E-state index contributed by atoms with van der Waals surface area (Å²) < 4.78 is 107. The van der Waals surface area contributed by atoms with Crippen molar-refractivity contribution in [2.24, 2.45) is 0 Å². The molecule has 2 rings (SSSR count). The van der Waals surface area contributed by atoms with Gasteiger partial charge in [-0.05, 0) is 32.7 Å². The summed E-state index contributed by atoms with van der Waals surface area (Å²) in [5.41, 5.74) is -0.520. The van der Waals surface area contributed by atoms with Crippen LogP contribution in [0.15, 0.2) is 18.1 Å². The number of hydrogen-bond donors (Lipinski definition) is 2. The molecule has 24 heavy (non-hydrogen) atoms. The molecule has 0 unspecified atom stereocenters. The smallest absolute Gasteiger partial charge is 0.352 e. The summed E-state index contributed by atoms with van der Waals surface area (Å²) in [6.45, 7) is -4.92. The maximum absolute atomic E-state index is 13.3. The van der Waals surface area contributed by atoms with Crippen molar-refractivity contribution in [1.82, 2.24) is 19.9 Å². The highest BCUT2D eigenvalue weighted by Crippen LogP contribution is 2.24. The lowest BCUT2D eigenvalue weighted by Gasteiger charge is -2.18. The summed E-state index contributed by atoms with van der Waals surface area (Å²) >= 11 is 5.77. The van der Waals surface area contributed by atoms with E-state index in [1.54, 1.807) is 5.32 Å². The van der Waals surface area contributed by atoms with E-state index >= 15 is 0 Å². The van der Waals surface area contributed by atoms with Gasteiger partial charge in [0, 0.05) is 14.3 Å². The number of nitrogens with one attached hydrogen (secondary N) is 2. The van der Waals surface area contributed by atoms with Crippen molar-refractivity contribution in [3.8, 4) is 11.5 Å². The molecule has 0 saturated heterocycles. The SMILES string of the molecule is [2H]c1c(Cl)nc(-c2nc(N[C@@H](C)C([2H])([2H])[2H])nc(N[C@H](C([2H])([2H])[2H])C(F)(F)F)n2)c([2H])c1[2H]. The van der Waals surface area contributed by atoms with Crippen molar-refractivity contribution in [1.29, 1.82) is 0 Å². The second-order valence-corrected chi connectivity index (χ2v) is 4.78. The Morgan fingerprint density at radius 1 is 1.12 bits per heavy atom. The lowest BCUT2D eigenvalue weighted by molar-refractivity contribution is -0.138. The van der Waals surface area contributed by atoms with Crippen LogP contribution < -0.4 is 10.6 Å². The summed E-state index contributed by atoms with van der Waals surface area (Å²) in [6, 6.07) is -6.36. The second-order valence-electron chi connectivity index (χ2n) is 4.42. The fraction of sp³-hybridized carbons (Fsp3) is 0.429. The third-order valence-corrected chi connectivity index (χ3v) is 2.53. The Bertz CT molecular complexity index is 1020. The summed E-state index contributed by atoms with van der Waals surface area (Å²) in [4.78, 5) is 14.8. The topological polar surface area (TPSA) is 75.6 Å². The quantitative estimate of drug-likeness (QED) is 0.781. The monoisotopic (exact) mass is 369 g/mol. The molecule has 0 fully saturated rings. The molecule has 10 heteroatoms. The van der Waals surface area contributed by atoms with Gasteiger partial charge in [0.05, 0.1) is 4.11 Å². The molecule has 0 aliphatic rings. The molecule has 2 heterocycles. The van der Waals surface area contributed by atoms with E-state index in [2.05, 4.69) is 25.3 Å². The highest BCUT2D eigenvalue weighted by Gasteiger charge is 2.36. The van der Waals surface area contributed by atoms with Gasteiger partial charge in [-0.15, -0.1) is 0 Å². The largest absolute Gasteiger partial charge is 0.408 e. The van der Waals surface area contributed by atoms with E-state index in [0.717, 1.165) is 0 Å². The maximum Gasteiger partial charge on any atom is 0.408 e. The number of anilines is 2. The van der Waals surface area contributed by atoms with Crippen molar-refractivity contribution >= 4 is 23.5 Å². The van der Waals surface area contributed by atoms with Gasteiger partial charge in [-0.25, -0.2) is 4.98 Å². The minimum atomic E-state index is -5.25. The highest BCUT2D eigenvalue weighted by atomic mass is 35.5. The van der Waals surface area contributed by atoms with Crippen molar-refractivity contribution in [3.63, 3.8) is 0 Å². The van der Waals surface area contributed by atoms with Crippen LogP contribution in [0.3, 0.4) is 0 Å². The lowest BCUT2D eigenvalue weighted by atomic mass is 10.3. The van der Waals surface area contributed by atoms with Crippen LogP contribution in [-0.4, -0.2) is 38.2 Å². The molecule has 2 atom stereocenters. The average molecular weight is 370 g/mol. The second kappa shape index (κ2) is 7.16. The summed E-state index contributed by atoms with van der Waals surface area (Å²) in [7, 11) is 0. The number of pyridine rings is 1. The van der Waals surface area contributed by atoms with Crippen LogP contribution in [0.5, 0.6) is 0 Å². The van der Waals surface area contributed by atoms with Gasteiger partial charge in [0.2, 0.25) is 11.9 Å². The summed E-state index contributed by atoms with van der Waals surface area (Å²) in [6.07, 6.45) is -5.25. The van der Waals surface area contributed by atoms with E-state index in [-0.39, 0.29) is 0 Å². The molecule has 0 radical (unpaired) electrons. The van der Waals surface area contributed by atoms with Crippen LogP contribution in [0.1, 0.15) is 33.0 Å². The first kappa shape index (κ1) is 9.36. The molecule has 0 bridgehead atoms. The molecule has 2 N–H and O–H groups in total. The lowest BCUT2D eigenvalue weighted by Crippen LogP contribution is -2.34. The molecule has 0 spiro atoms. The van der Waals surface area contributed by atoms with Gasteiger partial charge in [0.25, 0.3) is 0 Å². The van der Waals surface area contributed by atoms with Crippen molar-refractivity contribution in [3.05, 3.63) is 23.3 Å². The van der Waals surface area contributed by atoms with Gasteiger partial charge < -0.3 is 10.6 Å². The van der Waals surface area contributed by atoms with Crippen LogP contribution in [0.25, 0.3) is 11.5 Å². The maximum atomic E-state index is 13.3. The Kier molecular flexibility index (Phi) is 2.79. The van der Waals surface area contributed by atoms with E-state index in [4.69, 9.17) is 23.9 Å². The molecule has 0 saturated carbocycles. The van der Waals surface area contributed by atoms with Gasteiger partial charge in [-0.1, -0.05) is 17.6 Å². The number of rotatable bonds is 5. The highest BCUT2D eigenvalue weighted by molar-refractivity contribution is 6.29. The molecule has 0 aliphatic heterocycles. The molecule has 6 nitrogen and oxygen atoms in total. The zero-order valence-electron chi connectivity index (χ0n) is 21.0. The third kappa shape index (κ3) is 4.92. The Morgan fingerprint density at radius 3 is 2.46 bits per heavy atom. The predicted molar refractivity (Wildman–Crippen MR) is 86.0 cm³/mol. The van der Waals surface area contributed by atoms with Gasteiger partial charge in [-0.2, -0.15) is 28.1 Å². The Hall–Kier alpha value is -2.16. The summed E-state index contributed by atoms with van der Waals surface area (Å²) in [5.74, 6) is -2.10. The number of alkyl halides is 3. The summed E-state index contributed by atoms with van der Waals surface area (Å²) in [5, 5.41) is 3.47. The van der Waals surface area contributed by atoms with Crippen molar-refractivity contribution in [2.75, 3.05) is 10.6 Å². The minimum Gasteiger partial charge on any atom is -0.352 e. The first-order chi connectivity index (χ1) is 14.8. The van der Waals surface area contributed by atoms with Crippen molar-refractivity contribution < 1.29 is 25.5 Å². The number of hydrogen-bond acceptors (Lipinski definition) is 6. The van der Waals surface area contributed by atoms with Crippen LogP contribution >= 0.6 is 11.6 Å². The molecule has 0 aliphatic carbocycles. The molecule has 2 aromatic rings. The molecule has 0 aromatic carbocycles. The predicted octanol–water partition coefficient (Wildman–Crippen LogP) is 3.77. The van der Waals surface area contributed by atoms with Crippen LogP contribution in [0.2, 0.25) is 5.15 Å². The zero-order valence-corrected chi connectivity index (χ0v) is 12.7. The number of nitrogens with zero attached hydrogens (tertiary/aromatic N) is 4. The normalized spacial score (nSPS) is 20.6. The number of halogens is 4. The van der Waals surface area contributed by atoms with Crippen molar-refractivity contribution in [2.45, 2.75) is 38.9 Å². The van der Waals surface area contributed by atoms with E-state index < -0.39 is 78.7 Å². The zero-order chi connectivity index (χ0) is 25.5. The standard InChI is InChI=1S/C14H16ClF3N6/c1-7(2)19-12-22-11(9-5-4-6-10(15)21-9)23-13(24-12)20-8(3)14(16,17)18/h4-8H,1-3H3,(H2,19,20,22,23,24)/t8-/m1/s1/i1D3,3D3,4D,5D,6D/t7-,8-. The molecule has 2 aromatic heterocycles. The van der Waals surface area contributed by atoms with E-state index in [1.807, 2.05) is 0 Å². The minimum absolute atomic E-state index is 0.520. The van der Waals surface area contributed by atoms with Gasteiger partial charge in [0.1, 0.15) is 16.9 Å². The molecular formula is C14H16ClF3N6. The Balaban J connectivity index is 2.68. The molecule has 130 valence electrons. The average Bonchev–Trinajstić information content (AvgIpc) is 2.64. The van der Waals surface area contributed by atoms with E-state index in [0.29, 0.717) is 0 Å². The van der Waals surface area contributed by atoms with Crippen LogP contribution in [0.4, 0.5) is 25.1 Å². The first-order valence-electron chi connectivity index (χ1n) is 10.8. The third-order valence-electron chi connectivity index (χ3n) is 2.35. The number of aromatic nitrogens is 4. The van der Waals surface area contributed by atoms with Gasteiger partial charge in [-0.3, -0.25) is 0 Å². The van der Waals surface area contributed by atoms with Gasteiger partial charge in [0.15, 0.2) is 5.82 Å². The molecule has 0 amide bonds. The first-order valence-corrected chi connectivity index (χ1v) is 6.69. The van der Waals surface area contributed by atoms with E-state index in [1.165, 1.54) is 6.92 Å². The van der Waals surface area contributed by atoms with Crippen LogP contribution in [-0.2, 0) is 0 Å².